The Balaban J connectivity index is 2.05. The van der Waals surface area contributed by atoms with Crippen molar-refractivity contribution in [1.29, 1.82) is 0 Å². The number of amides is 1. The molecule has 0 spiro atoms. The number of aromatic nitrogens is 1. The molecule has 6 heteroatoms. The van der Waals surface area contributed by atoms with E-state index in [0.29, 0.717) is 12.8 Å². The molecule has 21 heavy (non-hydrogen) atoms. The van der Waals surface area contributed by atoms with Crippen LogP contribution < -0.4 is 11.1 Å². The molecule has 0 saturated heterocycles. The first kappa shape index (κ1) is 15.1. The Morgan fingerprint density at radius 1 is 1.38 bits per heavy atom. The van der Waals surface area contributed by atoms with Crippen LogP contribution in [0, 0.1) is 0 Å². The number of carboxylic acids is 1. The number of carboxylic acid groups (broad SMARTS) is 1. The van der Waals surface area contributed by atoms with E-state index < -0.39 is 24.0 Å². The van der Waals surface area contributed by atoms with Gasteiger partial charge in [-0.2, -0.15) is 0 Å². The van der Waals surface area contributed by atoms with Crippen molar-refractivity contribution in [1.82, 2.24) is 10.3 Å². The molecule has 1 heterocycles. The number of benzene rings is 1. The number of aliphatic carboxylic acids is 1. The summed E-state index contributed by atoms with van der Waals surface area (Å²) in [7, 11) is 0. The average Bonchev–Trinajstić information content (AvgIpc) is 2.87. The van der Waals surface area contributed by atoms with Gasteiger partial charge >= 0.3 is 5.97 Å². The minimum Gasteiger partial charge on any atom is -0.480 e. The highest BCUT2D eigenvalue weighted by Crippen LogP contribution is 2.18. The molecule has 0 fully saturated rings. The number of para-hydroxylation sites is 1. The summed E-state index contributed by atoms with van der Waals surface area (Å²) in [6, 6.07) is 6.07. The second kappa shape index (κ2) is 6.41. The van der Waals surface area contributed by atoms with Crippen molar-refractivity contribution in [2.45, 2.75) is 31.8 Å². The molecule has 1 amide bonds. The van der Waals surface area contributed by atoms with Crippen LogP contribution in [0.2, 0.25) is 0 Å². The van der Waals surface area contributed by atoms with E-state index >= 15 is 0 Å². The number of carbonyl (C=O) groups excluding carboxylic acids is 1. The summed E-state index contributed by atoms with van der Waals surface area (Å²) in [6.45, 7) is 1.70. The Hall–Kier alpha value is -2.34. The van der Waals surface area contributed by atoms with Crippen LogP contribution >= 0.6 is 0 Å². The summed E-state index contributed by atoms with van der Waals surface area (Å²) in [5.74, 6) is -1.50. The highest BCUT2D eigenvalue weighted by molar-refractivity contribution is 5.88. The van der Waals surface area contributed by atoms with Gasteiger partial charge in [0.2, 0.25) is 5.91 Å². The molecule has 2 aromatic rings. The van der Waals surface area contributed by atoms with Crippen molar-refractivity contribution in [3.8, 4) is 0 Å². The van der Waals surface area contributed by atoms with Crippen molar-refractivity contribution in [2.75, 3.05) is 0 Å². The zero-order chi connectivity index (χ0) is 15.4. The molecule has 2 rings (SSSR count). The van der Waals surface area contributed by atoms with Crippen molar-refractivity contribution in [3.63, 3.8) is 0 Å². The fraction of sp³-hybridized carbons (Fsp3) is 0.333. The second-order valence-electron chi connectivity index (χ2n) is 4.98. The van der Waals surface area contributed by atoms with Gasteiger partial charge in [-0.25, -0.2) is 4.79 Å². The van der Waals surface area contributed by atoms with E-state index in [0.717, 1.165) is 16.5 Å². The van der Waals surface area contributed by atoms with Gasteiger partial charge < -0.3 is 21.1 Å². The molecule has 0 aliphatic carbocycles. The van der Waals surface area contributed by atoms with E-state index in [4.69, 9.17) is 10.8 Å². The van der Waals surface area contributed by atoms with Crippen LogP contribution in [0.3, 0.4) is 0 Å². The third-order valence-electron chi connectivity index (χ3n) is 3.47. The van der Waals surface area contributed by atoms with Crippen LogP contribution in [0.4, 0.5) is 0 Å². The Morgan fingerprint density at radius 3 is 2.76 bits per heavy atom. The quantitative estimate of drug-likeness (QED) is 0.636. The maximum Gasteiger partial charge on any atom is 0.326 e. The maximum absolute atomic E-state index is 12.0. The molecular formula is C15H19N3O3. The molecule has 0 aliphatic rings. The minimum absolute atomic E-state index is 0.320. The largest absolute Gasteiger partial charge is 0.480 e. The summed E-state index contributed by atoms with van der Waals surface area (Å²) in [5, 5.41) is 12.4. The van der Waals surface area contributed by atoms with E-state index in [1.807, 2.05) is 30.5 Å². The highest BCUT2D eigenvalue weighted by Gasteiger charge is 2.22. The predicted molar refractivity (Wildman–Crippen MR) is 79.8 cm³/mol. The molecule has 1 aromatic carbocycles. The number of nitrogens with two attached hydrogens (primary N) is 1. The topological polar surface area (TPSA) is 108 Å². The summed E-state index contributed by atoms with van der Waals surface area (Å²) >= 11 is 0. The number of rotatable bonds is 6. The van der Waals surface area contributed by atoms with E-state index in [9.17, 15) is 9.59 Å². The molecule has 0 aliphatic heterocycles. The Labute approximate surface area is 122 Å². The lowest BCUT2D eigenvalue weighted by molar-refractivity contribution is -0.142. The zero-order valence-corrected chi connectivity index (χ0v) is 11.8. The lowest BCUT2D eigenvalue weighted by Gasteiger charge is -2.16. The van der Waals surface area contributed by atoms with Gasteiger partial charge in [0.1, 0.15) is 6.04 Å². The van der Waals surface area contributed by atoms with Crippen LogP contribution in [-0.4, -0.2) is 34.1 Å². The van der Waals surface area contributed by atoms with Crippen molar-refractivity contribution in [2.24, 2.45) is 5.73 Å². The number of carbonyl (C=O) groups is 2. The van der Waals surface area contributed by atoms with Gasteiger partial charge in [0.05, 0.1) is 6.04 Å². The average molecular weight is 289 g/mol. The molecule has 0 bridgehead atoms. The first-order valence-electron chi connectivity index (χ1n) is 6.86. The summed E-state index contributed by atoms with van der Waals surface area (Å²) < 4.78 is 0. The number of nitrogens with one attached hydrogen (secondary N) is 2. The molecule has 2 atom stereocenters. The number of hydrogen-bond donors (Lipinski definition) is 4. The van der Waals surface area contributed by atoms with Crippen molar-refractivity contribution < 1.29 is 14.7 Å². The van der Waals surface area contributed by atoms with E-state index in [2.05, 4.69) is 10.3 Å². The summed E-state index contributed by atoms with van der Waals surface area (Å²) in [4.78, 5) is 26.0. The highest BCUT2D eigenvalue weighted by atomic mass is 16.4. The van der Waals surface area contributed by atoms with Crippen molar-refractivity contribution >= 4 is 22.8 Å². The summed E-state index contributed by atoms with van der Waals surface area (Å²) in [6.07, 6.45) is 2.50. The van der Waals surface area contributed by atoms with Gasteiger partial charge in [-0.15, -0.1) is 0 Å². The lowest BCUT2D eigenvalue weighted by atomic mass is 10.0. The van der Waals surface area contributed by atoms with Gasteiger partial charge in [-0.3, -0.25) is 4.79 Å². The molecule has 0 radical (unpaired) electrons. The van der Waals surface area contributed by atoms with Gasteiger partial charge in [-0.1, -0.05) is 25.1 Å². The zero-order valence-electron chi connectivity index (χ0n) is 11.8. The lowest BCUT2D eigenvalue weighted by Crippen LogP contribution is -2.48. The third kappa shape index (κ3) is 3.41. The van der Waals surface area contributed by atoms with Crippen LogP contribution in [-0.2, 0) is 16.0 Å². The summed E-state index contributed by atoms with van der Waals surface area (Å²) in [5.41, 5.74) is 7.81. The van der Waals surface area contributed by atoms with Gasteiger partial charge in [0.15, 0.2) is 0 Å². The molecule has 0 unspecified atom stereocenters. The Morgan fingerprint density at radius 2 is 2.10 bits per heavy atom. The Bertz CT molecular complexity index is 650. The predicted octanol–water partition coefficient (Wildman–Crippen LogP) is 1.02. The molecular weight excluding hydrogens is 270 g/mol. The fourth-order valence-corrected chi connectivity index (χ4v) is 2.25. The smallest absolute Gasteiger partial charge is 0.326 e. The van der Waals surface area contributed by atoms with E-state index in [1.165, 1.54) is 0 Å². The van der Waals surface area contributed by atoms with Crippen LogP contribution in [0.5, 0.6) is 0 Å². The van der Waals surface area contributed by atoms with Gasteiger partial charge in [-0.05, 0) is 24.5 Å². The van der Waals surface area contributed by atoms with Gasteiger partial charge in [0.25, 0.3) is 0 Å². The monoisotopic (exact) mass is 289 g/mol. The van der Waals surface area contributed by atoms with E-state index in [-0.39, 0.29) is 0 Å². The molecule has 5 N–H and O–H groups in total. The molecule has 6 nitrogen and oxygen atoms in total. The SMILES string of the molecule is CC[C@H](NC(=O)[C@H](N)Cc1c[nH]c2ccccc12)C(=O)O. The van der Waals surface area contributed by atoms with E-state index in [1.54, 1.807) is 6.92 Å². The number of aromatic amines is 1. The number of fused-ring (bicyclic) bond motifs is 1. The Kier molecular flexibility index (Phi) is 4.59. The minimum atomic E-state index is -1.05. The number of hydrogen-bond acceptors (Lipinski definition) is 3. The normalized spacial score (nSPS) is 13.8. The van der Waals surface area contributed by atoms with Gasteiger partial charge in [0, 0.05) is 17.1 Å². The van der Waals surface area contributed by atoms with Crippen LogP contribution in [0.25, 0.3) is 10.9 Å². The molecule has 0 saturated carbocycles. The molecule has 112 valence electrons. The maximum atomic E-state index is 12.0. The third-order valence-corrected chi connectivity index (χ3v) is 3.47. The number of H-pyrrole nitrogens is 1. The fourth-order valence-electron chi connectivity index (χ4n) is 2.25. The first-order valence-corrected chi connectivity index (χ1v) is 6.86. The molecule has 1 aromatic heterocycles. The first-order chi connectivity index (χ1) is 10.0. The standard InChI is InChI=1S/C15H19N3O3/c1-2-12(15(20)21)18-14(19)11(16)7-9-8-17-13-6-4-3-5-10(9)13/h3-6,8,11-12,17H,2,7,16H2,1H3,(H,18,19)(H,20,21)/t11-,12+/m1/s1. The van der Waals surface area contributed by atoms with Crippen LogP contribution in [0.1, 0.15) is 18.9 Å². The van der Waals surface area contributed by atoms with Crippen molar-refractivity contribution in [3.05, 3.63) is 36.0 Å². The van der Waals surface area contributed by atoms with Crippen LogP contribution in [0.15, 0.2) is 30.5 Å². The second-order valence-corrected chi connectivity index (χ2v) is 4.98.